The molecule has 0 saturated heterocycles. The van der Waals surface area contributed by atoms with Gasteiger partial charge in [-0.3, -0.25) is 0 Å². The van der Waals surface area contributed by atoms with Crippen LogP contribution in [0, 0.1) is 0 Å². The van der Waals surface area contributed by atoms with Crippen molar-refractivity contribution in [2.24, 2.45) is 0 Å². The first-order chi connectivity index (χ1) is 27.6. The van der Waals surface area contributed by atoms with Gasteiger partial charge in [-0.2, -0.15) is 0 Å². The monoisotopic (exact) mass is 730 g/mol. The van der Waals surface area contributed by atoms with E-state index in [1.54, 1.807) is 10.4 Å². The minimum atomic E-state index is -1.84. The van der Waals surface area contributed by atoms with Crippen molar-refractivity contribution in [3.05, 3.63) is 170 Å². The van der Waals surface area contributed by atoms with E-state index in [0.29, 0.717) is 0 Å². The van der Waals surface area contributed by atoms with Crippen LogP contribution in [0.25, 0.3) is 109 Å². The van der Waals surface area contributed by atoms with E-state index in [9.17, 15) is 0 Å². The minimum absolute atomic E-state index is 0.911. The van der Waals surface area contributed by atoms with Gasteiger partial charge >= 0.3 is 0 Å². The van der Waals surface area contributed by atoms with Crippen LogP contribution < -0.4 is 10.4 Å². The maximum absolute atomic E-state index is 6.48. The Morgan fingerprint density at radius 3 is 1.61 bits per heavy atom. The fourth-order valence-electron chi connectivity index (χ4n) is 10.6. The van der Waals surface area contributed by atoms with Gasteiger partial charge in [-0.25, -0.2) is 0 Å². The molecule has 0 amide bonds. The molecule has 1 aliphatic heterocycles. The maximum Gasteiger partial charge on any atom is 0.135 e. The van der Waals surface area contributed by atoms with Crippen LogP contribution in [0.5, 0.6) is 0 Å². The van der Waals surface area contributed by atoms with E-state index in [0.717, 1.165) is 21.9 Å². The molecule has 0 N–H and O–H groups in total. The second-order valence-corrected chi connectivity index (χ2v) is 20.4. The molecular formula is C54H38OSi. The van der Waals surface area contributed by atoms with Gasteiger partial charge in [0.25, 0.3) is 0 Å². The molecule has 0 atom stereocenters. The Morgan fingerprint density at radius 1 is 0.375 bits per heavy atom. The van der Waals surface area contributed by atoms with Gasteiger partial charge < -0.3 is 4.42 Å². The molecule has 0 spiro atoms. The standard InChI is InChI=1S/C54H38OSi/c1-3-56(4-2)50-20-12-11-19-44(50)54-51(56)28-25-43-41-24-21-33(30-45(41)40-17-9-10-18-42(40)53(43)54)34-22-26-48-46(31-34)47-32-37(23-27-49(47)55-48)52-38-15-7-5-13-35(38)29-36-14-6-8-16-39(36)52/h5-32H,3-4H2,1-2H3. The molecule has 0 radical (unpaired) electrons. The molecule has 0 bridgehead atoms. The average Bonchev–Trinajstić information content (AvgIpc) is 3.77. The third-order valence-electron chi connectivity index (χ3n) is 13.3. The second-order valence-electron chi connectivity index (χ2n) is 15.8. The highest BCUT2D eigenvalue weighted by Gasteiger charge is 2.43. The molecule has 264 valence electrons. The Balaban J connectivity index is 1.06. The Hall–Kier alpha value is -6.48. The largest absolute Gasteiger partial charge is 0.456 e. The van der Waals surface area contributed by atoms with Crippen molar-refractivity contribution in [3.63, 3.8) is 0 Å². The quantitative estimate of drug-likeness (QED) is 0.0998. The van der Waals surface area contributed by atoms with Crippen LogP contribution in [-0.2, 0) is 0 Å². The van der Waals surface area contributed by atoms with Crippen LogP contribution in [-0.4, -0.2) is 8.07 Å². The lowest BCUT2D eigenvalue weighted by Gasteiger charge is -2.27. The van der Waals surface area contributed by atoms with Crippen molar-refractivity contribution in [2.45, 2.75) is 25.9 Å². The number of furan rings is 1. The normalized spacial score (nSPS) is 13.5. The third-order valence-corrected chi connectivity index (χ3v) is 18.6. The zero-order chi connectivity index (χ0) is 37.1. The summed E-state index contributed by atoms with van der Waals surface area (Å²) < 4.78 is 6.48. The summed E-state index contributed by atoms with van der Waals surface area (Å²) in [5, 5.41) is 18.6. The van der Waals surface area contributed by atoms with Gasteiger partial charge in [-0.05, 0) is 134 Å². The molecule has 0 unspecified atom stereocenters. The fraction of sp³-hybridized carbons (Fsp3) is 0.0741. The third kappa shape index (κ3) is 4.25. The number of hydrogen-bond donors (Lipinski definition) is 0. The molecular weight excluding hydrogens is 693 g/mol. The van der Waals surface area contributed by atoms with Crippen molar-refractivity contribution in [3.8, 4) is 33.4 Å². The molecule has 0 saturated carbocycles. The maximum atomic E-state index is 6.48. The summed E-state index contributed by atoms with van der Waals surface area (Å²) in [6, 6.07) is 66.1. The number of hydrogen-bond acceptors (Lipinski definition) is 1. The van der Waals surface area contributed by atoms with E-state index in [4.69, 9.17) is 4.42 Å². The van der Waals surface area contributed by atoms with E-state index >= 15 is 0 Å². The topological polar surface area (TPSA) is 13.1 Å². The van der Waals surface area contributed by atoms with Crippen LogP contribution in [0.15, 0.2) is 174 Å². The second kappa shape index (κ2) is 11.8. The van der Waals surface area contributed by atoms with Crippen LogP contribution in [0.2, 0.25) is 12.1 Å². The first-order valence-electron chi connectivity index (χ1n) is 20.0. The van der Waals surface area contributed by atoms with Gasteiger partial charge in [0.1, 0.15) is 19.2 Å². The van der Waals surface area contributed by atoms with E-state index in [1.165, 1.54) is 99.3 Å². The summed E-state index contributed by atoms with van der Waals surface area (Å²) in [6.07, 6.45) is 0. The van der Waals surface area contributed by atoms with Gasteiger partial charge in [0.15, 0.2) is 0 Å². The average molecular weight is 731 g/mol. The molecule has 0 aliphatic carbocycles. The smallest absolute Gasteiger partial charge is 0.135 e. The zero-order valence-corrected chi connectivity index (χ0v) is 32.5. The summed E-state index contributed by atoms with van der Waals surface area (Å²) >= 11 is 0. The van der Waals surface area contributed by atoms with E-state index in [1.807, 2.05) is 0 Å². The highest BCUT2D eigenvalue weighted by Crippen LogP contribution is 2.45. The van der Waals surface area contributed by atoms with Crippen molar-refractivity contribution >= 4 is 94.2 Å². The minimum Gasteiger partial charge on any atom is -0.456 e. The van der Waals surface area contributed by atoms with Gasteiger partial charge in [-0.1, -0.05) is 159 Å². The number of rotatable bonds is 4. The summed E-state index contributed by atoms with van der Waals surface area (Å²) in [6.45, 7) is 4.84. The van der Waals surface area contributed by atoms with Crippen molar-refractivity contribution in [1.82, 2.24) is 0 Å². The molecule has 11 aromatic rings. The molecule has 1 aromatic heterocycles. The van der Waals surface area contributed by atoms with Crippen LogP contribution in [0.4, 0.5) is 0 Å². The number of fused-ring (bicyclic) bond motifs is 15. The predicted molar refractivity (Wildman–Crippen MR) is 244 cm³/mol. The van der Waals surface area contributed by atoms with E-state index in [-0.39, 0.29) is 0 Å². The lowest BCUT2D eigenvalue weighted by atomic mass is 9.88. The Bertz CT molecular complexity index is 3380. The lowest BCUT2D eigenvalue weighted by molar-refractivity contribution is 0.669. The fourth-order valence-corrected chi connectivity index (χ4v) is 15.2. The Labute approximate surface area is 326 Å². The summed E-state index contributed by atoms with van der Waals surface area (Å²) in [5.74, 6) is 0. The van der Waals surface area contributed by atoms with Crippen molar-refractivity contribution in [1.29, 1.82) is 0 Å². The molecule has 1 aliphatic rings. The molecule has 1 nitrogen and oxygen atoms in total. The summed E-state index contributed by atoms with van der Waals surface area (Å²) in [4.78, 5) is 0. The molecule has 2 heterocycles. The summed E-state index contributed by atoms with van der Waals surface area (Å²) in [7, 11) is -1.84. The van der Waals surface area contributed by atoms with Crippen LogP contribution in [0.1, 0.15) is 13.8 Å². The molecule has 10 aromatic carbocycles. The molecule has 56 heavy (non-hydrogen) atoms. The van der Waals surface area contributed by atoms with Gasteiger partial charge in [-0.15, -0.1) is 0 Å². The van der Waals surface area contributed by atoms with Gasteiger partial charge in [0.2, 0.25) is 0 Å². The SMILES string of the molecule is CC[Si]1(CC)c2ccccc2-c2c1ccc1c3ccc(-c4ccc5oc6ccc(-c7c8ccccc8cc8ccccc78)cc6c5c4)cc3c3ccccc3c21. The molecule has 12 rings (SSSR count). The summed E-state index contributed by atoms with van der Waals surface area (Å²) in [5.41, 5.74) is 9.65. The van der Waals surface area contributed by atoms with Crippen LogP contribution in [0.3, 0.4) is 0 Å². The first-order valence-corrected chi connectivity index (χ1v) is 22.5. The Kier molecular flexibility index (Phi) is 6.68. The molecule has 0 fully saturated rings. The van der Waals surface area contributed by atoms with Crippen molar-refractivity contribution in [2.75, 3.05) is 0 Å². The van der Waals surface area contributed by atoms with Crippen LogP contribution >= 0.6 is 0 Å². The lowest BCUT2D eigenvalue weighted by Crippen LogP contribution is -2.53. The Morgan fingerprint density at radius 2 is 0.893 bits per heavy atom. The van der Waals surface area contributed by atoms with E-state index in [2.05, 4.69) is 184 Å². The van der Waals surface area contributed by atoms with Gasteiger partial charge in [0, 0.05) is 10.8 Å². The highest BCUT2D eigenvalue weighted by molar-refractivity contribution is 7.05. The molecule has 2 heteroatoms. The van der Waals surface area contributed by atoms with Gasteiger partial charge in [0.05, 0.1) is 0 Å². The zero-order valence-electron chi connectivity index (χ0n) is 31.5. The highest BCUT2D eigenvalue weighted by atomic mass is 28.3. The predicted octanol–water partition coefficient (Wildman–Crippen LogP) is 14.3. The number of benzene rings is 10. The first kappa shape index (κ1) is 31.8. The van der Waals surface area contributed by atoms with Crippen molar-refractivity contribution < 1.29 is 4.42 Å². The van der Waals surface area contributed by atoms with E-state index < -0.39 is 8.07 Å².